The summed E-state index contributed by atoms with van der Waals surface area (Å²) in [5.41, 5.74) is 2.75. The number of aryl methyl sites for hydroxylation is 1. The van der Waals surface area contributed by atoms with Crippen molar-refractivity contribution in [3.05, 3.63) is 76.6 Å². The van der Waals surface area contributed by atoms with Gasteiger partial charge in [-0.3, -0.25) is 4.79 Å². The van der Waals surface area contributed by atoms with Crippen LogP contribution in [0.2, 0.25) is 5.15 Å². The van der Waals surface area contributed by atoms with E-state index in [2.05, 4.69) is 5.10 Å². The molecule has 1 heterocycles. The van der Waals surface area contributed by atoms with Crippen LogP contribution in [0.15, 0.2) is 54.6 Å². The van der Waals surface area contributed by atoms with Gasteiger partial charge in [-0.05, 0) is 49.4 Å². The minimum Gasteiger partial charge on any atom is -0.493 e. The Labute approximate surface area is 180 Å². The zero-order chi connectivity index (χ0) is 21.5. The van der Waals surface area contributed by atoms with Crippen LogP contribution in [0.3, 0.4) is 0 Å². The Bertz CT molecular complexity index is 1040. The van der Waals surface area contributed by atoms with Gasteiger partial charge in [-0.15, -0.1) is 0 Å². The molecule has 0 amide bonds. The van der Waals surface area contributed by atoms with Crippen LogP contribution >= 0.6 is 11.6 Å². The minimum atomic E-state index is -0.181. The zero-order valence-corrected chi connectivity index (χ0v) is 17.8. The molecule has 0 N–H and O–H groups in total. The van der Waals surface area contributed by atoms with Crippen molar-refractivity contribution in [3.8, 4) is 17.2 Å². The molecule has 0 fully saturated rings. The molecule has 0 saturated heterocycles. The second-order valence-corrected chi connectivity index (χ2v) is 6.80. The molecule has 156 valence electrons. The maximum atomic E-state index is 12.7. The van der Waals surface area contributed by atoms with E-state index in [1.807, 2.05) is 37.3 Å². The molecule has 0 aliphatic rings. The Hall–Kier alpha value is -3.09. The highest BCUT2D eigenvalue weighted by Gasteiger charge is 2.14. The molecule has 0 atom stereocenters. The number of ketones is 1. The number of benzene rings is 2. The predicted molar refractivity (Wildman–Crippen MR) is 117 cm³/mol. The lowest BCUT2D eigenvalue weighted by Crippen LogP contribution is -2.06. The Morgan fingerprint density at radius 1 is 1.10 bits per heavy atom. The van der Waals surface area contributed by atoms with Gasteiger partial charge in [0.25, 0.3) is 0 Å². The summed E-state index contributed by atoms with van der Waals surface area (Å²) in [5.74, 6) is 0.856. The highest BCUT2D eigenvalue weighted by Crippen LogP contribution is 2.29. The summed E-state index contributed by atoms with van der Waals surface area (Å²) in [4.78, 5) is 12.7. The van der Waals surface area contributed by atoms with Crippen molar-refractivity contribution in [1.29, 1.82) is 0 Å². The number of carbonyl (C=O) groups excluding carboxylic acids is 1. The van der Waals surface area contributed by atoms with Gasteiger partial charge < -0.3 is 14.2 Å². The molecule has 0 radical (unpaired) electrons. The van der Waals surface area contributed by atoms with E-state index in [9.17, 15) is 4.79 Å². The number of ether oxygens (including phenoxy) is 3. The first kappa shape index (κ1) is 21.6. The summed E-state index contributed by atoms with van der Waals surface area (Å²) in [6, 6.07) is 14.6. The fourth-order valence-electron chi connectivity index (χ4n) is 2.87. The highest BCUT2D eigenvalue weighted by molar-refractivity contribution is 6.31. The van der Waals surface area contributed by atoms with E-state index in [0.29, 0.717) is 41.0 Å². The number of methoxy groups -OCH3 is 2. The third kappa shape index (κ3) is 4.90. The van der Waals surface area contributed by atoms with Crippen molar-refractivity contribution in [3.63, 3.8) is 0 Å². The largest absolute Gasteiger partial charge is 0.493 e. The van der Waals surface area contributed by atoms with Gasteiger partial charge in [0.05, 0.1) is 25.1 Å². The lowest BCUT2D eigenvalue weighted by molar-refractivity contribution is 0.104. The van der Waals surface area contributed by atoms with E-state index in [1.54, 1.807) is 36.1 Å². The molecule has 7 heteroatoms. The van der Waals surface area contributed by atoms with Crippen molar-refractivity contribution in [2.24, 2.45) is 0 Å². The fourth-order valence-corrected chi connectivity index (χ4v) is 3.21. The zero-order valence-electron chi connectivity index (χ0n) is 17.1. The lowest BCUT2D eigenvalue weighted by Gasteiger charge is -2.11. The number of rotatable bonds is 9. The average Bonchev–Trinajstić information content (AvgIpc) is 3.06. The summed E-state index contributed by atoms with van der Waals surface area (Å²) in [7, 11) is 3.13. The van der Waals surface area contributed by atoms with Gasteiger partial charge in [-0.1, -0.05) is 29.8 Å². The summed E-state index contributed by atoms with van der Waals surface area (Å²) in [6.45, 7) is 2.71. The van der Waals surface area contributed by atoms with Crippen LogP contribution in [0.1, 0.15) is 21.6 Å². The van der Waals surface area contributed by atoms with Crippen molar-refractivity contribution in [2.45, 2.75) is 6.92 Å². The van der Waals surface area contributed by atoms with Crippen LogP contribution in [0, 0.1) is 6.92 Å². The third-order valence-corrected chi connectivity index (χ3v) is 4.81. The molecule has 2 aromatic carbocycles. The molecule has 3 rings (SSSR count). The van der Waals surface area contributed by atoms with E-state index < -0.39 is 0 Å². The van der Waals surface area contributed by atoms with Crippen molar-refractivity contribution >= 4 is 23.5 Å². The molecule has 0 aliphatic carbocycles. The number of aromatic nitrogens is 2. The minimum absolute atomic E-state index is 0.181. The molecule has 0 saturated carbocycles. The Kier molecular flexibility index (Phi) is 7.27. The van der Waals surface area contributed by atoms with Gasteiger partial charge in [0.2, 0.25) is 0 Å². The standard InChI is InChI=1S/C23H23ClN2O4/c1-16-19(23(24)26(25-16)18-7-5-4-6-8-18)10-11-20(27)17-9-12-21(22(15-17)29-3)30-14-13-28-2/h4-12,15H,13-14H2,1-3H3/b11-10+. The Balaban J connectivity index is 1.80. The molecule has 1 aromatic heterocycles. The second-order valence-electron chi connectivity index (χ2n) is 6.44. The van der Waals surface area contributed by atoms with E-state index in [4.69, 9.17) is 25.8 Å². The number of hydrogen-bond acceptors (Lipinski definition) is 5. The van der Waals surface area contributed by atoms with Crippen LogP contribution < -0.4 is 9.47 Å². The maximum Gasteiger partial charge on any atom is 0.185 e. The van der Waals surface area contributed by atoms with Crippen LogP contribution in [-0.2, 0) is 4.74 Å². The van der Waals surface area contributed by atoms with Gasteiger partial charge in [0.1, 0.15) is 11.8 Å². The molecular formula is C23H23ClN2O4. The summed E-state index contributed by atoms with van der Waals surface area (Å²) < 4.78 is 17.6. The predicted octanol–water partition coefficient (Wildman–Crippen LogP) is 4.76. The first-order chi connectivity index (χ1) is 14.5. The SMILES string of the molecule is COCCOc1ccc(C(=O)/C=C/c2c(C)nn(-c3ccccc3)c2Cl)cc1OC. The van der Waals surface area contributed by atoms with Crippen molar-refractivity contribution in [2.75, 3.05) is 27.4 Å². The first-order valence-electron chi connectivity index (χ1n) is 9.38. The fraction of sp³-hybridized carbons (Fsp3) is 0.217. The molecular weight excluding hydrogens is 404 g/mol. The topological polar surface area (TPSA) is 62.6 Å². The van der Waals surface area contributed by atoms with E-state index in [-0.39, 0.29) is 5.78 Å². The maximum absolute atomic E-state index is 12.7. The highest BCUT2D eigenvalue weighted by atomic mass is 35.5. The van der Waals surface area contributed by atoms with Gasteiger partial charge in [0, 0.05) is 18.2 Å². The molecule has 6 nitrogen and oxygen atoms in total. The van der Waals surface area contributed by atoms with Gasteiger partial charge >= 0.3 is 0 Å². The number of halogens is 1. The van der Waals surface area contributed by atoms with Crippen LogP contribution in [0.5, 0.6) is 11.5 Å². The summed E-state index contributed by atoms with van der Waals surface area (Å²) in [6.07, 6.45) is 3.16. The van der Waals surface area contributed by atoms with Crippen LogP contribution in [0.25, 0.3) is 11.8 Å². The molecule has 3 aromatic rings. The van der Waals surface area contributed by atoms with E-state index >= 15 is 0 Å². The molecule has 0 bridgehead atoms. The number of allylic oxidation sites excluding steroid dienone is 1. The number of carbonyl (C=O) groups is 1. The van der Waals surface area contributed by atoms with Gasteiger partial charge in [-0.2, -0.15) is 5.10 Å². The van der Waals surface area contributed by atoms with Crippen molar-refractivity contribution in [1.82, 2.24) is 9.78 Å². The first-order valence-corrected chi connectivity index (χ1v) is 9.75. The average molecular weight is 427 g/mol. The monoisotopic (exact) mass is 426 g/mol. The van der Waals surface area contributed by atoms with Gasteiger partial charge in [-0.25, -0.2) is 4.68 Å². The number of para-hydroxylation sites is 1. The van der Waals surface area contributed by atoms with Crippen LogP contribution in [0.4, 0.5) is 0 Å². The summed E-state index contributed by atoms with van der Waals surface area (Å²) >= 11 is 6.51. The number of hydrogen-bond donors (Lipinski definition) is 0. The smallest absolute Gasteiger partial charge is 0.185 e. The normalized spacial score (nSPS) is 11.1. The number of nitrogens with zero attached hydrogens (tertiary/aromatic N) is 2. The van der Waals surface area contributed by atoms with Gasteiger partial charge in [0.15, 0.2) is 17.3 Å². The molecule has 0 spiro atoms. The summed E-state index contributed by atoms with van der Waals surface area (Å²) in [5, 5.41) is 4.93. The van der Waals surface area contributed by atoms with Crippen LogP contribution in [-0.4, -0.2) is 43.0 Å². The lowest BCUT2D eigenvalue weighted by atomic mass is 10.1. The van der Waals surface area contributed by atoms with Crippen molar-refractivity contribution < 1.29 is 19.0 Å². The third-order valence-electron chi connectivity index (χ3n) is 4.44. The molecule has 0 unspecified atom stereocenters. The van der Waals surface area contributed by atoms with E-state index in [0.717, 1.165) is 11.4 Å². The molecule has 30 heavy (non-hydrogen) atoms. The Morgan fingerprint density at radius 3 is 2.57 bits per heavy atom. The quantitative estimate of drug-likeness (QED) is 0.280. The Morgan fingerprint density at radius 2 is 1.87 bits per heavy atom. The second kappa shape index (κ2) is 10.1. The van der Waals surface area contributed by atoms with E-state index in [1.165, 1.54) is 13.2 Å². The molecule has 0 aliphatic heterocycles.